The van der Waals surface area contributed by atoms with Gasteiger partial charge in [0.15, 0.2) is 0 Å². The van der Waals surface area contributed by atoms with Gasteiger partial charge in [-0.1, -0.05) is 25.2 Å². The summed E-state index contributed by atoms with van der Waals surface area (Å²) in [7, 11) is 0. The second-order valence-electron chi connectivity index (χ2n) is 3.18. The van der Waals surface area contributed by atoms with E-state index in [4.69, 9.17) is 5.11 Å². The van der Waals surface area contributed by atoms with Gasteiger partial charge in [0.1, 0.15) is 0 Å². The molecule has 0 fully saturated rings. The Balaban J connectivity index is 2.51. The second kappa shape index (κ2) is 4.10. The average molecular weight is 166 g/mol. The van der Waals surface area contributed by atoms with Crippen LogP contribution in [-0.2, 0) is 4.79 Å². The molecule has 0 aromatic heterocycles. The van der Waals surface area contributed by atoms with Gasteiger partial charge in [0.25, 0.3) is 0 Å². The van der Waals surface area contributed by atoms with E-state index < -0.39 is 5.97 Å². The highest BCUT2D eigenvalue weighted by Gasteiger charge is 2.11. The summed E-state index contributed by atoms with van der Waals surface area (Å²) in [6.07, 6.45) is 8.65. The van der Waals surface area contributed by atoms with Gasteiger partial charge in [-0.25, -0.2) is 0 Å². The molecule has 12 heavy (non-hydrogen) atoms. The van der Waals surface area contributed by atoms with Crippen LogP contribution in [0, 0.1) is 5.92 Å². The van der Waals surface area contributed by atoms with Gasteiger partial charge in [0.05, 0.1) is 6.42 Å². The lowest BCUT2D eigenvalue weighted by molar-refractivity contribution is -0.137. The Bertz CT molecular complexity index is 226. The van der Waals surface area contributed by atoms with E-state index >= 15 is 0 Å². The number of carboxylic acids is 1. The molecule has 0 spiro atoms. The molecular weight excluding hydrogens is 152 g/mol. The Morgan fingerprint density at radius 2 is 2.42 bits per heavy atom. The van der Waals surface area contributed by atoms with Gasteiger partial charge < -0.3 is 5.11 Å². The summed E-state index contributed by atoms with van der Waals surface area (Å²) in [5.74, 6) is -0.568. The molecule has 0 aromatic rings. The predicted octanol–water partition coefficient (Wildman–Crippen LogP) is 2.37. The van der Waals surface area contributed by atoms with Gasteiger partial charge in [0, 0.05) is 0 Å². The van der Waals surface area contributed by atoms with Crippen molar-refractivity contribution < 1.29 is 9.90 Å². The Labute approximate surface area is 72.6 Å². The molecule has 1 rings (SSSR count). The van der Waals surface area contributed by atoms with E-state index in [9.17, 15) is 4.79 Å². The lowest BCUT2D eigenvalue weighted by Gasteiger charge is -2.12. The van der Waals surface area contributed by atoms with Crippen LogP contribution in [0.15, 0.2) is 23.8 Å². The van der Waals surface area contributed by atoms with Gasteiger partial charge in [-0.15, -0.1) is 0 Å². The smallest absolute Gasteiger partial charge is 0.303 e. The van der Waals surface area contributed by atoms with Crippen LogP contribution in [-0.4, -0.2) is 11.1 Å². The fourth-order valence-electron chi connectivity index (χ4n) is 1.38. The minimum atomic E-state index is -0.720. The molecule has 1 unspecified atom stereocenters. The van der Waals surface area contributed by atoms with E-state index in [0.29, 0.717) is 0 Å². The largest absolute Gasteiger partial charge is 0.481 e. The number of carbonyl (C=O) groups is 1. The first-order valence-electron chi connectivity index (χ1n) is 4.28. The molecule has 1 N–H and O–H groups in total. The first-order valence-corrected chi connectivity index (χ1v) is 4.28. The van der Waals surface area contributed by atoms with Crippen LogP contribution in [0.3, 0.4) is 0 Å². The van der Waals surface area contributed by atoms with Crippen molar-refractivity contribution >= 4 is 5.97 Å². The Morgan fingerprint density at radius 3 is 2.92 bits per heavy atom. The molecule has 0 heterocycles. The van der Waals surface area contributed by atoms with Crippen LogP contribution in [0.4, 0.5) is 0 Å². The molecule has 0 aromatic carbocycles. The van der Waals surface area contributed by atoms with Crippen LogP contribution in [0.2, 0.25) is 0 Å². The van der Waals surface area contributed by atoms with Gasteiger partial charge in [-0.3, -0.25) is 4.79 Å². The summed E-state index contributed by atoms with van der Waals surface area (Å²) in [4.78, 5) is 10.4. The van der Waals surface area contributed by atoms with E-state index in [1.165, 1.54) is 5.57 Å². The summed E-state index contributed by atoms with van der Waals surface area (Å²) >= 11 is 0. The van der Waals surface area contributed by atoms with E-state index in [1.54, 1.807) is 0 Å². The maximum Gasteiger partial charge on any atom is 0.303 e. The summed E-state index contributed by atoms with van der Waals surface area (Å²) in [6.45, 7) is 1.95. The SMILES string of the molecule is CC(CC(=O)O)C1=CCCC=C1. The van der Waals surface area contributed by atoms with Crippen LogP contribution in [0.1, 0.15) is 26.2 Å². The quantitative estimate of drug-likeness (QED) is 0.698. The van der Waals surface area contributed by atoms with Gasteiger partial charge in [-0.05, 0) is 24.3 Å². The van der Waals surface area contributed by atoms with Crippen molar-refractivity contribution in [2.24, 2.45) is 5.92 Å². The third kappa shape index (κ3) is 2.53. The summed E-state index contributed by atoms with van der Waals surface area (Å²) < 4.78 is 0. The Kier molecular flexibility index (Phi) is 3.09. The van der Waals surface area contributed by atoms with E-state index in [2.05, 4.69) is 12.2 Å². The van der Waals surface area contributed by atoms with Crippen molar-refractivity contribution in [1.82, 2.24) is 0 Å². The predicted molar refractivity (Wildman–Crippen MR) is 47.9 cm³/mol. The zero-order valence-electron chi connectivity index (χ0n) is 7.29. The highest BCUT2D eigenvalue weighted by Crippen LogP contribution is 2.20. The molecular formula is C10H14O2. The fraction of sp³-hybridized carbons (Fsp3) is 0.500. The standard InChI is InChI=1S/C10H14O2/c1-8(7-10(11)12)9-5-3-2-4-6-9/h3,5-6,8H,2,4,7H2,1H3,(H,11,12). The third-order valence-electron chi connectivity index (χ3n) is 2.07. The minimum absolute atomic E-state index is 0.152. The molecule has 0 radical (unpaired) electrons. The van der Waals surface area contributed by atoms with Gasteiger partial charge in [0.2, 0.25) is 0 Å². The second-order valence-corrected chi connectivity index (χ2v) is 3.18. The summed E-state index contributed by atoms with van der Waals surface area (Å²) in [5, 5.41) is 8.56. The van der Waals surface area contributed by atoms with Crippen LogP contribution in [0.5, 0.6) is 0 Å². The molecule has 1 aliphatic carbocycles. The van der Waals surface area contributed by atoms with E-state index in [0.717, 1.165) is 12.8 Å². The number of allylic oxidation sites excluding steroid dienone is 4. The van der Waals surface area contributed by atoms with Crippen molar-refractivity contribution in [2.75, 3.05) is 0 Å². The average Bonchev–Trinajstić information content (AvgIpc) is 2.05. The first kappa shape index (κ1) is 9.04. The molecule has 2 nitrogen and oxygen atoms in total. The zero-order valence-corrected chi connectivity index (χ0v) is 7.29. The van der Waals surface area contributed by atoms with Crippen LogP contribution in [0.25, 0.3) is 0 Å². The first-order chi connectivity index (χ1) is 5.70. The van der Waals surface area contributed by atoms with Crippen molar-refractivity contribution in [3.8, 4) is 0 Å². The lowest BCUT2D eigenvalue weighted by atomic mass is 9.93. The molecule has 2 heteroatoms. The van der Waals surface area contributed by atoms with Crippen molar-refractivity contribution in [3.05, 3.63) is 23.8 Å². The highest BCUT2D eigenvalue weighted by atomic mass is 16.4. The molecule has 0 saturated heterocycles. The number of carboxylic acid groups (broad SMARTS) is 1. The number of hydrogen-bond donors (Lipinski definition) is 1. The molecule has 0 aliphatic heterocycles. The number of rotatable bonds is 3. The fourth-order valence-corrected chi connectivity index (χ4v) is 1.38. The Hall–Kier alpha value is -1.05. The molecule has 0 amide bonds. The summed E-state index contributed by atoms with van der Waals surface area (Å²) in [5.41, 5.74) is 1.17. The third-order valence-corrected chi connectivity index (χ3v) is 2.07. The zero-order chi connectivity index (χ0) is 8.97. The topological polar surface area (TPSA) is 37.3 Å². The van der Waals surface area contributed by atoms with Crippen molar-refractivity contribution in [2.45, 2.75) is 26.2 Å². The molecule has 0 saturated carbocycles. The summed E-state index contributed by atoms with van der Waals surface area (Å²) in [6, 6.07) is 0. The highest BCUT2D eigenvalue weighted by molar-refractivity contribution is 5.67. The van der Waals surface area contributed by atoms with Crippen LogP contribution < -0.4 is 0 Å². The van der Waals surface area contributed by atoms with E-state index in [-0.39, 0.29) is 12.3 Å². The molecule has 0 bridgehead atoms. The van der Waals surface area contributed by atoms with E-state index in [1.807, 2.05) is 13.0 Å². The van der Waals surface area contributed by atoms with Gasteiger partial charge in [-0.2, -0.15) is 0 Å². The lowest BCUT2D eigenvalue weighted by Crippen LogP contribution is -2.06. The maximum absolute atomic E-state index is 10.4. The molecule has 1 aliphatic rings. The number of hydrogen-bond acceptors (Lipinski definition) is 1. The van der Waals surface area contributed by atoms with Crippen LogP contribution >= 0.6 is 0 Å². The minimum Gasteiger partial charge on any atom is -0.481 e. The monoisotopic (exact) mass is 166 g/mol. The maximum atomic E-state index is 10.4. The van der Waals surface area contributed by atoms with Crippen molar-refractivity contribution in [3.63, 3.8) is 0 Å². The normalized spacial score (nSPS) is 18.6. The molecule has 1 atom stereocenters. The molecule has 66 valence electrons. The van der Waals surface area contributed by atoms with Gasteiger partial charge >= 0.3 is 5.97 Å². The van der Waals surface area contributed by atoms with Crippen molar-refractivity contribution in [1.29, 1.82) is 0 Å². The number of aliphatic carboxylic acids is 1. The Morgan fingerprint density at radius 1 is 1.67 bits per heavy atom.